The molecule has 0 aromatic heterocycles. The Labute approximate surface area is 121 Å². The monoisotopic (exact) mass is 294 g/mol. The summed E-state index contributed by atoms with van der Waals surface area (Å²) in [5.41, 5.74) is 1.73. The summed E-state index contributed by atoms with van der Waals surface area (Å²) < 4.78 is 5.38. The van der Waals surface area contributed by atoms with Crippen LogP contribution in [-0.2, 0) is 9.53 Å². The standard InChI is InChI=1S/C15H12Cl2O2/c1-10(18)19-15(11-2-6-13(16)7-3-11)12-4-8-14(17)9-5-12/h2-9,15H,1H3. The van der Waals surface area contributed by atoms with Crippen molar-refractivity contribution in [3.8, 4) is 0 Å². The molecule has 2 aromatic carbocycles. The van der Waals surface area contributed by atoms with Crippen LogP contribution in [0.25, 0.3) is 0 Å². The summed E-state index contributed by atoms with van der Waals surface area (Å²) in [5, 5.41) is 1.28. The molecule has 0 amide bonds. The van der Waals surface area contributed by atoms with Crippen LogP contribution in [0.2, 0.25) is 10.0 Å². The number of carbonyl (C=O) groups is 1. The average molecular weight is 295 g/mol. The molecular formula is C15H12Cl2O2. The molecule has 0 atom stereocenters. The van der Waals surface area contributed by atoms with Crippen molar-refractivity contribution in [1.29, 1.82) is 0 Å². The van der Waals surface area contributed by atoms with Crippen LogP contribution in [0.3, 0.4) is 0 Å². The molecule has 0 saturated heterocycles. The third-order valence-corrected chi connectivity index (χ3v) is 3.13. The first kappa shape index (κ1) is 13.9. The van der Waals surface area contributed by atoms with Gasteiger partial charge in [0.1, 0.15) is 0 Å². The Morgan fingerprint density at radius 3 is 1.58 bits per heavy atom. The van der Waals surface area contributed by atoms with E-state index < -0.39 is 6.10 Å². The first-order chi connectivity index (χ1) is 9.06. The molecule has 2 rings (SSSR count). The molecule has 2 nitrogen and oxygen atoms in total. The SMILES string of the molecule is CC(=O)OC(c1ccc(Cl)cc1)c1ccc(Cl)cc1. The van der Waals surface area contributed by atoms with Gasteiger partial charge in [-0.3, -0.25) is 4.79 Å². The van der Waals surface area contributed by atoms with Crippen LogP contribution in [-0.4, -0.2) is 5.97 Å². The second kappa shape index (κ2) is 6.09. The lowest BCUT2D eigenvalue weighted by atomic mass is 10.0. The lowest BCUT2D eigenvalue weighted by Gasteiger charge is -2.18. The Morgan fingerprint density at radius 2 is 1.26 bits per heavy atom. The van der Waals surface area contributed by atoms with E-state index >= 15 is 0 Å². The van der Waals surface area contributed by atoms with Crippen molar-refractivity contribution < 1.29 is 9.53 Å². The fourth-order valence-corrected chi connectivity index (χ4v) is 2.02. The molecule has 0 spiro atoms. The Hall–Kier alpha value is -1.51. The number of esters is 1. The zero-order valence-corrected chi connectivity index (χ0v) is 11.8. The van der Waals surface area contributed by atoms with Gasteiger partial charge in [0.2, 0.25) is 0 Å². The summed E-state index contributed by atoms with van der Waals surface area (Å²) in [7, 11) is 0. The maximum atomic E-state index is 11.3. The third kappa shape index (κ3) is 3.72. The van der Waals surface area contributed by atoms with Crippen LogP contribution in [0.5, 0.6) is 0 Å². The number of carbonyl (C=O) groups excluding carboxylic acids is 1. The zero-order chi connectivity index (χ0) is 13.8. The molecule has 4 heteroatoms. The van der Waals surface area contributed by atoms with Gasteiger partial charge in [-0.15, -0.1) is 0 Å². The summed E-state index contributed by atoms with van der Waals surface area (Å²) >= 11 is 11.7. The van der Waals surface area contributed by atoms with E-state index in [-0.39, 0.29) is 5.97 Å². The fraction of sp³-hybridized carbons (Fsp3) is 0.133. The van der Waals surface area contributed by atoms with Crippen LogP contribution >= 0.6 is 23.2 Å². The van der Waals surface area contributed by atoms with Crippen LogP contribution in [0.4, 0.5) is 0 Å². The van der Waals surface area contributed by atoms with Crippen molar-refractivity contribution in [1.82, 2.24) is 0 Å². The molecule has 0 aliphatic carbocycles. The number of hydrogen-bond acceptors (Lipinski definition) is 2. The average Bonchev–Trinajstić information content (AvgIpc) is 2.38. The molecule has 0 N–H and O–H groups in total. The number of hydrogen-bond donors (Lipinski definition) is 0. The number of ether oxygens (including phenoxy) is 1. The summed E-state index contributed by atoms with van der Waals surface area (Å²) in [4.78, 5) is 11.3. The van der Waals surface area contributed by atoms with Gasteiger partial charge in [-0.05, 0) is 35.4 Å². The highest BCUT2D eigenvalue weighted by Crippen LogP contribution is 2.28. The van der Waals surface area contributed by atoms with Gasteiger partial charge >= 0.3 is 5.97 Å². The molecule has 2 aromatic rings. The summed E-state index contributed by atoms with van der Waals surface area (Å²) in [6.07, 6.45) is -0.452. The smallest absolute Gasteiger partial charge is 0.303 e. The Kier molecular flexibility index (Phi) is 4.46. The van der Waals surface area contributed by atoms with Gasteiger partial charge in [0.05, 0.1) is 0 Å². The molecule has 0 fully saturated rings. The van der Waals surface area contributed by atoms with E-state index in [9.17, 15) is 4.79 Å². The summed E-state index contributed by atoms with van der Waals surface area (Å²) in [6, 6.07) is 14.4. The molecule has 0 aliphatic heterocycles. The minimum atomic E-state index is -0.452. The predicted molar refractivity (Wildman–Crippen MR) is 76.5 cm³/mol. The first-order valence-corrected chi connectivity index (χ1v) is 6.50. The Balaban J connectivity index is 2.37. The van der Waals surface area contributed by atoms with Crippen molar-refractivity contribution in [2.45, 2.75) is 13.0 Å². The van der Waals surface area contributed by atoms with Gasteiger partial charge in [-0.1, -0.05) is 47.5 Å². The van der Waals surface area contributed by atoms with E-state index in [1.54, 1.807) is 24.3 Å². The summed E-state index contributed by atoms with van der Waals surface area (Å²) in [6.45, 7) is 1.39. The molecule has 0 heterocycles. The van der Waals surface area contributed by atoms with Gasteiger partial charge in [0.15, 0.2) is 6.10 Å². The molecule has 98 valence electrons. The van der Waals surface area contributed by atoms with E-state index in [0.29, 0.717) is 10.0 Å². The lowest BCUT2D eigenvalue weighted by molar-refractivity contribution is -0.144. The van der Waals surface area contributed by atoms with E-state index in [0.717, 1.165) is 11.1 Å². The van der Waals surface area contributed by atoms with E-state index in [4.69, 9.17) is 27.9 Å². The zero-order valence-electron chi connectivity index (χ0n) is 10.3. The first-order valence-electron chi connectivity index (χ1n) is 5.74. The maximum Gasteiger partial charge on any atom is 0.303 e. The van der Waals surface area contributed by atoms with Crippen LogP contribution in [0.1, 0.15) is 24.2 Å². The molecule has 0 aliphatic rings. The molecule has 0 saturated carbocycles. The van der Waals surface area contributed by atoms with E-state index in [1.165, 1.54) is 6.92 Å². The van der Waals surface area contributed by atoms with Crippen molar-refractivity contribution in [2.24, 2.45) is 0 Å². The number of halogens is 2. The van der Waals surface area contributed by atoms with Crippen LogP contribution in [0, 0.1) is 0 Å². The lowest BCUT2D eigenvalue weighted by Crippen LogP contribution is -2.09. The minimum Gasteiger partial charge on any atom is -0.453 e. The maximum absolute atomic E-state index is 11.3. The van der Waals surface area contributed by atoms with Gasteiger partial charge in [-0.25, -0.2) is 0 Å². The van der Waals surface area contributed by atoms with Crippen molar-refractivity contribution in [2.75, 3.05) is 0 Å². The molecule has 0 unspecified atom stereocenters. The van der Waals surface area contributed by atoms with Gasteiger partial charge in [0.25, 0.3) is 0 Å². The number of benzene rings is 2. The number of rotatable bonds is 3. The molecular weight excluding hydrogens is 283 g/mol. The minimum absolute atomic E-state index is 0.338. The fourth-order valence-electron chi connectivity index (χ4n) is 1.77. The van der Waals surface area contributed by atoms with Crippen molar-refractivity contribution in [3.63, 3.8) is 0 Å². The van der Waals surface area contributed by atoms with Gasteiger partial charge in [-0.2, -0.15) is 0 Å². The normalized spacial score (nSPS) is 10.5. The third-order valence-electron chi connectivity index (χ3n) is 2.63. The highest BCUT2D eigenvalue weighted by atomic mass is 35.5. The predicted octanol–water partition coefficient (Wildman–Crippen LogP) is 4.65. The largest absolute Gasteiger partial charge is 0.453 e. The van der Waals surface area contributed by atoms with Crippen molar-refractivity contribution >= 4 is 29.2 Å². The van der Waals surface area contributed by atoms with Crippen molar-refractivity contribution in [3.05, 3.63) is 69.7 Å². The molecule has 0 bridgehead atoms. The van der Waals surface area contributed by atoms with E-state index in [2.05, 4.69) is 0 Å². The highest BCUT2D eigenvalue weighted by Gasteiger charge is 2.17. The van der Waals surface area contributed by atoms with E-state index in [1.807, 2.05) is 24.3 Å². The Bertz CT molecular complexity index is 516. The van der Waals surface area contributed by atoms with Crippen LogP contribution < -0.4 is 0 Å². The quantitative estimate of drug-likeness (QED) is 0.771. The van der Waals surface area contributed by atoms with Gasteiger partial charge < -0.3 is 4.74 Å². The second-order valence-corrected chi connectivity index (χ2v) is 4.97. The summed E-state index contributed by atoms with van der Waals surface area (Å²) in [5.74, 6) is -0.338. The second-order valence-electron chi connectivity index (χ2n) is 4.09. The van der Waals surface area contributed by atoms with Crippen LogP contribution in [0.15, 0.2) is 48.5 Å². The Morgan fingerprint density at radius 1 is 0.895 bits per heavy atom. The molecule has 0 radical (unpaired) electrons. The van der Waals surface area contributed by atoms with Gasteiger partial charge in [0, 0.05) is 17.0 Å². The topological polar surface area (TPSA) is 26.3 Å². The highest BCUT2D eigenvalue weighted by molar-refractivity contribution is 6.30. The molecule has 19 heavy (non-hydrogen) atoms.